The second-order valence-corrected chi connectivity index (χ2v) is 2.90. The lowest BCUT2D eigenvalue weighted by atomic mass is 10.2. The second-order valence-electron chi connectivity index (χ2n) is 2.90. The summed E-state index contributed by atoms with van der Waals surface area (Å²) in [5.41, 5.74) is 8.75. The molecular weight excluding hydrogens is 208 g/mol. The number of nitrogens with zero attached hydrogens (tertiary/aromatic N) is 2. The molecule has 0 heterocycles. The lowest BCUT2D eigenvalue weighted by Gasteiger charge is -1.98. The highest BCUT2D eigenvalue weighted by Gasteiger charge is 2.13. The molecule has 0 saturated heterocycles. The summed E-state index contributed by atoms with van der Waals surface area (Å²) >= 11 is 0. The van der Waals surface area contributed by atoms with Crippen molar-refractivity contribution in [3.8, 4) is 5.75 Å². The Bertz CT molecular complexity index is 457. The van der Waals surface area contributed by atoms with E-state index in [0.717, 1.165) is 5.56 Å². The molecule has 0 aliphatic carbocycles. The average molecular weight is 218 g/mol. The van der Waals surface area contributed by atoms with E-state index in [-0.39, 0.29) is 0 Å². The average Bonchev–Trinajstić information content (AvgIpc) is 2.30. The van der Waals surface area contributed by atoms with Gasteiger partial charge in [0.05, 0.1) is 7.11 Å². The predicted octanol–water partition coefficient (Wildman–Crippen LogP) is 1.46. The maximum absolute atomic E-state index is 10.5. The summed E-state index contributed by atoms with van der Waals surface area (Å²) in [7, 11) is 1.56. The van der Waals surface area contributed by atoms with Gasteiger partial charge in [0, 0.05) is 6.08 Å². The monoisotopic (exact) mass is 218 g/mol. The number of carboxylic acid groups (broad SMARTS) is 1. The fraction of sp³-hybridized carbons (Fsp3) is 0.0909. The molecule has 16 heavy (non-hydrogen) atoms. The van der Waals surface area contributed by atoms with E-state index >= 15 is 0 Å². The molecule has 0 atom stereocenters. The number of ether oxygens (including phenoxy) is 1. The van der Waals surface area contributed by atoms with E-state index < -0.39 is 11.7 Å². The van der Waals surface area contributed by atoms with Crippen molar-refractivity contribution < 1.29 is 19.4 Å². The van der Waals surface area contributed by atoms with Gasteiger partial charge < -0.3 is 15.4 Å². The standard InChI is InChI=1S/C11H10N2O3/c1-16-9-5-2-8(3-6-9)4-7-10(13-12)11(14)15/h2-7H,1H3,(H,14,15). The van der Waals surface area contributed by atoms with Crippen LogP contribution in [0.25, 0.3) is 11.6 Å². The fourth-order valence-corrected chi connectivity index (χ4v) is 1.04. The Labute approximate surface area is 92.2 Å². The van der Waals surface area contributed by atoms with Gasteiger partial charge in [-0.25, -0.2) is 4.79 Å². The van der Waals surface area contributed by atoms with Gasteiger partial charge in [-0.2, -0.15) is 4.79 Å². The minimum absolute atomic E-state index is 0.421. The van der Waals surface area contributed by atoms with Crippen LogP contribution in [0.4, 0.5) is 0 Å². The van der Waals surface area contributed by atoms with E-state index in [4.69, 9.17) is 15.4 Å². The zero-order chi connectivity index (χ0) is 12.0. The third-order valence-corrected chi connectivity index (χ3v) is 1.88. The van der Waals surface area contributed by atoms with Crippen molar-refractivity contribution in [1.82, 2.24) is 0 Å². The molecule has 1 rings (SSSR count). The first-order chi connectivity index (χ1) is 7.67. The number of carboxylic acids is 1. The summed E-state index contributed by atoms with van der Waals surface area (Å²) in [5.74, 6) is -0.571. The van der Waals surface area contributed by atoms with Gasteiger partial charge in [-0.15, -0.1) is 0 Å². The Morgan fingerprint density at radius 3 is 2.50 bits per heavy atom. The molecule has 5 heteroatoms. The van der Waals surface area contributed by atoms with Gasteiger partial charge in [-0.3, -0.25) is 0 Å². The molecule has 1 aromatic carbocycles. The Kier molecular flexibility index (Phi) is 4.00. The molecule has 0 unspecified atom stereocenters. The summed E-state index contributed by atoms with van der Waals surface area (Å²) in [4.78, 5) is 13.1. The molecule has 0 radical (unpaired) electrons. The summed E-state index contributed by atoms with van der Waals surface area (Å²) in [6.45, 7) is 0. The molecule has 5 nitrogen and oxygen atoms in total. The van der Waals surface area contributed by atoms with E-state index in [0.29, 0.717) is 5.75 Å². The molecule has 0 fully saturated rings. The minimum atomic E-state index is -1.28. The Morgan fingerprint density at radius 2 is 2.06 bits per heavy atom. The van der Waals surface area contributed by atoms with Gasteiger partial charge in [0.15, 0.2) is 0 Å². The van der Waals surface area contributed by atoms with Crippen LogP contribution in [-0.2, 0) is 4.79 Å². The van der Waals surface area contributed by atoms with Crippen molar-refractivity contribution in [2.24, 2.45) is 0 Å². The number of methoxy groups -OCH3 is 1. The Balaban J connectivity index is 2.84. The van der Waals surface area contributed by atoms with Crippen LogP contribution in [0.1, 0.15) is 5.56 Å². The number of aliphatic carboxylic acids is 1. The van der Waals surface area contributed by atoms with Gasteiger partial charge in [0.25, 0.3) is 0 Å². The molecule has 0 bridgehead atoms. The van der Waals surface area contributed by atoms with Crippen molar-refractivity contribution in [2.45, 2.75) is 0 Å². The highest BCUT2D eigenvalue weighted by molar-refractivity contribution is 6.38. The summed E-state index contributed by atoms with van der Waals surface area (Å²) < 4.78 is 4.97. The van der Waals surface area contributed by atoms with Crippen LogP contribution in [-0.4, -0.2) is 28.7 Å². The quantitative estimate of drug-likeness (QED) is 0.471. The van der Waals surface area contributed by atoms with Gasteiger partial charge in [-0.05, 0) is 23.8 Å². The van der Waals surface area contributed by atoms with E-state index in [1.165, 1.54) is 12.2 Å². The van der Waals surface area contributed by atoms with Gasteiger partial charge in [-0.1, -0.05) is 12.1 Å². The molecule has 1 N–H and O–H groups in total. The number of hydrogen-bond donors (Lipinski definition) is 1. The summed E-state index contributed by atoms with van der Waals surface area (Å²) in [5, 5.41) is 8.57. The van der Waals surface area contributed by atoms with Crippen molar-refractivity contribution in [1.29, 1.82) is 0 Å². The Morgan fingerprint density at radius 1 is 1.44 bits per heavy atom. The van der Waals surface area contributed by atoms with E-state index in [1.807, 2.05) is 0 Å². The van der Waals surface area contributed by atoms with E-state index in [2.05, 4.69) is 4.79 Å². The Hall–Kier alpha value is -2.39. The summed E-state index contributed by atoms with van der Waals surface area (Å²) in [6, 6.07) is 7.00. The second kappa shape index (κ2) is 5.48. The molecule has 0 aromatic heterocycles. The van der Waals surface area contributed by atoms with Crippen molar-refractivity contribution in [2.75, 3.05) is 7.11 Å². The van der Waals surface area contributed by atoms with E-state index in [1.54, 1.807) is 31.4 Å². The van der Waals surface area contributed by atoms with Crippen molar-refractivity contribution in [3.63, 3.8) is 0 Å². The smallest absolute Gasteiger partial charge is 0.419 e. The molecule has 0 amide bonds. The van der Waals surface area contributed by atoms with Crippen molar-refractivity contribution in [3.05, 3.63) is 41.4 Å². The van der Waals surface area contributed by atoms with Crippen LogP contribution in [0, 0.1) is 0 Å². The first-order valence-corrected chi connectivity index (χ1v) is 4.45. The third-order valence-electron chi connectivity index (χ3n) is 1.88. The maximum atomic E-state index is 10.5. The number of hydrogen-bond acceptors (Lipinski definition) is 2. The van der Waals surface area contributed by atoms with Crippen LogP contribution in [0.2, 0.25) is 0 Å². The first kappa shape index (κ1) is 11.7. The molecule has 0 spiro atoms. The minimum Gasteiger partial charge on any atom is -0.497 e. The predicted molar refractivity (Wildman–Crippen MR) is 58.3 cm³/mol. The number of rotatable bonds is 4. The largest absolute Gasteiger partial charge is 0.497 e. The molecular formula is C11H10N2O3. The van der Waals surface area contributed by atoms with E-state index in [9.17, 15) is 4.79 Å². The highest BCUT2D eigenvalue weighted by atomic mass is 16.5. The van der Waals surface area contributed by atoms with Crippen LogP contribution >= 0.6 is 0 Å². The molecule has 0 aliphatic rings. The van der Waals surface area contributed by atoms with Crippen LogP contribution in [0.3, 0.4) is 0 Å². The lowest BCUT2D eigenvalue weighted by molar-refractivity contribution is -0.133. The fourth-order valence-electron chi connectivity index (χ4n) is 1.04. The number of benzene rings is 1. The number of carbonyl (C=O) groups is 1. The molecule has 1 aromatic rings. The van der Waals surface area contributed by atoms with Gasteiger partial charge >= 0.3 is 11.7 Å². The maximum Gasteiger partial charge on any atom is 0.419 e. The molecule has 0 saturated carbocycles. The zero-order valence-electron chi connectivity index (χ0n) is 8.62. The topological polar surface area (TPSA) is 82.9 Å². The van der Waals surface area contributed by atoms with Gasteiger partial charge in [0.2, 0.25) is 0 Å². The highest BCUT2D eigenvalue weighted by Crippen LogP contribution is 2.12. The lowest BCUT2D eigenvalue weighted by Crippen LogP contribution is -2.10. The normalized spacial score (nSPS) is 9.81. The summed E-state index contributed by atoms with van der Waals surface area (Å²) in [6.07, 6.45) is 2.74. The molecule has 0 aliphatic heterocycles. The van der Waals surface area contributed by atoms with Crippen molar-refractivity contribution >= 4 is 17.8 Å². The van der Waals surface area contributed by atoms with Crippen LogP contribution in [0.15, 0.2) is 30.3 Å². The molecule has 82 valence electrons. The zero-order valence-corrected chi connectivity index (χ0v) is 8.62. The first-order valence-electron chi connectivity index (χ1n) is 4.45. The van der Waals surface area contributed by atoms with Gasteiger partial charge in [0.1, 0.15) is 5.75 Å². The van der Waals surface area contributed by atoms with Crippen LogP contribution in [0.5, 0.6) is 5.75 Å². The third kappa shape index (κ3) is 3.08. The van der Waals surface area contributed by atoms with Crippen LogP contribution < -0.4 is 4.74 Å². The SMILES string of the molecule is COc1ccc(C=CC(=[N+]=[N-])C(=O)O)cc1.